The van der Waals surface area contributed by atoms with Crippen molar-refractivity contribution in [1.82, 2.24) is 10.2 Å². The van der Waals surface area contributed by atoms with Crippen LogP contribution in [0.1, 0.15) is 52.9 Å². The smallest absolute Gasteiger partial charge is 0.317 e. The first-order chi connectivity index (χ1) is 8.95. The van der Waals surface area contributed by atoms with Gasteiger partial charge in [0.15, 0.2) is 0 Å². The van der Waals surface area contributed by atoms with E-state index in [4.69, 9.17) is 5.11 Å². The number of urea groups is 1. The summed E-state index contributed by atoms with van der Waals surface area (Å²) in [6.07, 6.45) is 4.14. The van der Waals surface area contributed by atoms with Crippen molar-refractivity contribution in [2.45, 2.75) is 65.0 Å². The summed E-state index contributed by atoms with van der Waals surface area (Å²) >= 11 is 0. The zero-order valence-corrected chi connectivity index (χ0v) is 12.2. The molecule has 1 aliphatic heterocycles. The maximum Gasteiger partial charge on any atom is 0.317 e. The molecule has 1 heterocycles. The van der Waals surface area contributed by atoms with Gasteiger partial charge in [-0.25, -0.2) is 4.79 Å². The fourth-order valence-electron chi connectivity index (χ4n) is 2.75. The van der Waals surface area contributed by atoms with Gasteiger partial charge in [-0.15, -0.1) is 0 Å². The minimum absolute atomic E-state index is 0.0110. The van der Waals surface area contributed by atoms with E-state index in [9.17, 15) is 9.59 Å². The molecule has 1 saturated heterocycles. The van der Waals surface area contributed by atoms with Gasteiger partial charge in [0, 0.05) is 25.0 Å². The highest BCUT2D eigenvalue weighted by molar-refractivity contribution is 5.75. The van der Waals surface area contributed by atoms with Crippen LogP contribution >= 0.6 is 0 Å². The number of carbonyl (C=O) groups excluding carboxylic acids is 1. The van der Waals surface area contributed by atoms with Gasteiger partial charge >= 0.3 is 12.0 Å². The fourth-order valence-corrected chi connectivity index (χ4v) is 2.75. The van der Waals surface area contributed by atoms with E-state index < -0.39 is 5.97 Å². The van der Waals surface area contributed by atoms with Gasteiger partial charge in [0.05, 0.1) is 0 Å². The van der Waals surface area contributed by atoms with Crippen molar-refractivity contribution in [2.24, 2.45) is 5.92 Å². The number of nitrogens with one attached hydrogen (secondary N) is 1. The second-order valence-electron chi connectivity index (χ2n) is 5.59. The number of rotatable bonds is 5. The number of hydrogen-bond donors (Lipinski definition) is 2. The Bertz CT molecular complexity index is 310. The third-order valence-corrected chi connectivity index (χ3v) is 4.01. The van der Waals surface area contributed by atoms with Crippen LogP contribution in [0.2, 0.25) is 0 Å². The molecule has 0 aliphatic carbocycles. The number of carbonyl (C=O) groups is 2. The monoisotopic (exact) mass is 270 g/mol. The summed E-state index contributed by atoms with van der Waals surface area (Å²) in [6, 6.07) is 0.482. The molecule has 0 radical (unpaired) electrons. The van der Waals surface area contributed by atoms with Crippen LogP contribution in [0, 0.1) is 5.92 Å². The highest BCUT2D eigenvalue weighted by atomic mass is 16.4. The Hall–Kier alpha value is -1.26. The molecular weight excluding hydrogens is 244 g/mol. The molecule has 0 aromatic carbocycles. The Morgan fingerprint density at radius 2 is 1.89 bits per heavy atom. The van der Waals surface area contributed by atoms with Crippen LogP contribution in [0.3, 0.4) is 0 Å². The average Bonchev–Trinajstić information content (AvgIpc) is 2.33. The van der Waals surface area contributed by atoms with Crippen LogP contribution < -0.4 is 5.32 Å². The van der Waals surface area contributed by atoms with Gasteiger partial charge in [-0.3, -0.25) is 4.79 Å². The summed E-state index contributed by atoms with van der Waals surface area (Å²) < 4.78 is 0. The van der Waals surface area contributed by atoms with E-state index in [-0.39, 0.29) is 30.5 Å². The maximum atomic E-state index is 12.2. The third-order valence-electron chi connectivity index (χ3n) is 4.01. The third kappa shape index (κ3) is 4.73. The average molecular weight is 270 g/mol. The topological polar surface area (TPSA) is 69.6 Å². The van der Waals surface area contributed by atoms with E-state index in [1.165, 1.54) is 6.42 Å². The van der Waals surface area contributed by atoms with E-state index in [2.05, 4.69) is 19.2 Å². The van der Waals surface area contributed by atoms with Gasteiger partial charge in [0.1, 0.15) is 0 Å². The summed E-state index contributed by atoms with van der Waals surface area (Å²) in [6.45, 7) is 6.54. The molecule has 0 aromatic heterocycles. The molecule has 1 unspecified atom stereocenters. The van der Waals surface area contributed by atoms with Crippen molar-refractivity contribution >= 4 is 12.0 Å². The second kappa shape index (κ2) is 7.36. The normalized spacial score (nSPS) is 24.9. The molecule has 1 aliphatic rings. The largest absolute Gasteiger partial charge is 0.481 e. The molecule has 110 valence electrons. The van der Waals surface area contributed by atoms with Crippen LogP contribution in [0.15, 0.2) is 0 Å². The Balaban J connectivity index is 2.46. The van der Waals surface area contributed by atoms with Gasteiger partial charge in [0.25, 0.3) is 0 Å². The number of nitrogens with zero attached hydrogens (tertiary/aromatic N) is 1. The molecule has 3 atom stereocenters. The van der Waals surface area contributed by atoms with Crippen LogP contribution in [-0.2, 0) is 4.79 Å². The maximum absolute atomic E-state index is 12.2. The predicted molar refractivity (Wildman–Crippen MR) is 74.0 cm³/mol. The lowest BCUT2D eigenvalue weighted by molar-refractivity contribution is -0.138. The number of aliphatic carboxylic acids is 1. The SMILES string of the molecule is CCC(CNC(=O)N1[C@H](C)CCC[C@@H]1C)CC(=O)O. The number of hydrogen-bond acceptors (Lipinski definition) is 2. The molecule has 2 amide bonds. The Morgan fingerprint density at radius 3 is 2.37 bits per heavy atom. The minimum Gasteiger partial charge on any atom is -0.481 e. The number of likely N-dealkylation sites (tertiary alicyclic amines) is 1. The first-order valence-electron chi connectivity index (χ1n) is 7.23. The summed E-state index contributed by atoms with van der Waals surface area (Å²) in [5.41, 5.74) is 0. The van der Waals surface area contributed by atoms with E-state index >= 15 is 0 Å². The molecule has 0 bridgehead atoms. The van der Waals surface area contributed by atoms with Crippen LogP contribution in [-0.4, -0.2) is 40.6 Å². The molecule has 0 spiro atoms. The molecule has 19 heavy (non-hydrogen) atoms. The second-order valence-corrected chi connectivity index (χ2v) is 5.59. The molecule has 5 heteroatoms. The zero-order chi connectivity index (χ0) is 14.4. The van der Waals surface area contributed by atoms with Crippen molar-refractivity contribution in [3.05, 3.63) is 0 Å². The number of carboxylic acids is 1. The summed E-state index contributed by atoms with van der Waals surface area (Å²) in [7, 11) is 0. The summed E-state index contributed by atoms with van der Waals surface area (Å²) in [5.74, 6) is -0.794. The zero-order valence-electron chi connectivity index (χ0n) is 12.2. The van der Waals surface area contributed by atoms with Crippen LogP contribution in [0.5, 0.6) is 0 Å². The fraction of sp³-hybridized carbons (Fsp3) is 0.857. The lowest BCUT2D eigenvalue weighted by Crippen LogP contribution is -2.52. The number of piperidine rings is 1. The molecule has 1 rings (SSSR count). The molecule has 5 nitrogen and oxygen atoms in total. The van der Waals surface area contributed by atoms with Crippen LogP contribution in [0.25, 0.3) is 0 Å². The number of amides is 2. The van der Waals surface area contributed by atoms with Crippen molar-refractivity contribution < 1.29 is 14.7 Å². The van der Waals surface area contributed by atoms with E-state index in [1.807, 2.05) is 11.8 Å². The molecular formula is C14H26N2O3. The summed E-state index contributed by atoms with van der Waals surface area (Å²) in [5, 5.41) is 11.7. The van der Waals surface area contributed by atoms with E-state index in [0.29, 0.717) is 6.54 Å². The lowest BCUT2D eigenvalue weighted by atomic mass is 9.98. The minimum atomic E-state index is -0.805. The number of carboxylic acid groups (broad SMARTS) is 1. The predicted octanol–water partition coefficient (Wildman–Crippen LogP) is 2.46. The Kier molecular flexibility index (Phi) is 6.12. The van der Waals surface area contributed by atoms with Gasteiger partial charge in [-0.2, -0.15) is 0 Å². The summed E-state index contributed by atoms with van der Waals surface area (Å²) in [4.78, 5) is 24.8. The van der Waals surface area contributed by atoms with Gasteiger partial charge < -0.3 is 15.3 Å². The van der Waals surface area contributed by atoms with Crippen LogP contribution in [0.4, 0.5) is 4.79 Å². The van der Waals surface area contributed by atoms with E-state index in [0.717, 1.165) is 19.3 Å². The van der Waals surface area contributed by atoms with Crippen molar-refractivity contribution in [2.75, 3.05) is 6.54 Å². The molecule has 0 aromatic rings. The quantitative estimate of drug-likeness (QED) is 0.806. The Morgan fingerprint density at radius 1 is 1.32 bits per heavy atom. The van der Waals surface area contributed by atoms with Crippen molar-refractivity contribution in [1.29, 1.82) is 0 Å². The van der Waals surface area contributed by atoms with E-state index in [1.54, 1.807) is 0 Å². The molecule has 2 N–H and O–H groups in total. The standard InChI is InChI=1S/C14H26N2O3/c1-4-12(8-13(17)18)9-15-14(19)16-10(2)6-5-7-11(16)3/h10-12H,4-9H2,1-3H3,(H,15,19)(H,17,18)/t10-,11+,12?. The first-order valence-corrected chi connectivity index (χ1v) is 7.23. The van der Waals surface area contributed by atoms with Gasteiger partial charge in [-0.05, 0) is 39.0 Å². The highest BCUT2D eigenvalue weighted by Crippen LogP contribution is 2.22. The molecule has 0 saturated carbocycles. The van der Waals surface area contributed by atoms with Crippen molar-refractivity contribution in [3.8, 4) is 0 Å². The van der Waals surface area contributed by atoms with Gasteiger partial charge in [0.2, 0.25) is 0 Å². The lowest BCUT2D eigenvalue weighted by Gasteiger charge is -2.39. The van der Waals surface area contributed by atoms with Crippen molar-refractivity contribution in [3.63, 3.8) is 0 Å². The Labute approximate surface area is 115 Å². The van der Waals surface area contributed by atoms with Gasteiger partial charge in [-0.1, -0.05) is 13.3 Å². The first kappa shape index (κ1) is 15.8. The molecule has 1 fully saturated rings. The highest BCUT2D eigenvalue weighted by Gasteiger charge is 2.29.